The maximum absolute atomic E-state index is 3.72. The van der Waals surface area contributed by atoms with E-state index in [9.17, 15) is 0 Å². The van der Waals surface area contributed by atoms with E-state index in [1.54, 1.807) is 0 Å². The van der Waals surface area contributed by atoms with Crippen LogP contribution in [0.25, 0.3) is 0 Å². The van der Waals surface area contributed by atoms with Crippen LogP contribution in [0.3, 0.4) is 0 Å². The van der Waals surface area contributed by atoms with Crippen molar-refractivity contribution in [1.82, 2.24) is 10.2 Å². The molecule has 0 aromatic rings. The molecule has 2 rings (SSSR count). The molecule has 2 nitrogen and oxygen atoms in total. The molecule has 1 heterocycles. The van der Waals surface area contributed by atoms with Gasteiger partial charge >= 0.3 is 0 Å². The first-order chi connectivity index (χ1) is 9.13. The van der Waals surface area contributed by atoms with E-state index < -0.39 is 0 Å². The Bertz CT molecular complexity index is 256. The van der Waals surface area contributed by atoms with E-state index in [1.165, 1.54) is 71.1 Å². The summed E-state index contributed by atoms with van der Waals surface area (Å²) in [6.07, 6.45) is 10.0. The predicted octanol–water partition coefficient (Wildman–Crippen LogP) is 3.67. The average molecular weight is 266 g/mol. The topological polar surface area (TPSA) is 15.3 Å². The van der Waals surface area contributed by atoms with E-state index in [0.29, 0.717) is 11.5 Å². The SMILES string of the molecule is CCC1CCCN(CC2(CNC(C)C)CCCC2)C1. The molecule has 1 unspecified atom stereocenters. The van der Waals surface area contributed by atoms with Gasteiger partial charge in [0.1, 0.15) is 0 Å². The van der Waals surface area contributed by atoms with Crippen LogP contribution in [0.1, 0.15) is 65.7 Å². The zero-order valence-electron chi connectivity index (χ0n) is 13.4. The standard InChI is InChI=1S/C17H34N2/c1-4-16-8-7-11-19(12-16)14-17(9-5-6-10-17)13-18-15(2)3/h15-16,18H,4-14H2,1-3H3. The minimum Gasteiger partial charge on any atom is -0.314 e. The zero-order chi connectivity index (χ0) is 13.7. The lowest BCUT2D eigenvalue weighted by molar-refractivity contribution is 0.101. The number of nitrogens with zero attached hydrogens (tertiary/aromatic N) is 1. The molecule has 0 bridgehead atoms. The van der Waals surface area contributed by atoms with Crippen LogP contribution < -0.4 is 5.32 Å². The second kappa shape index (κ2) is 7.08. The smallest absolute Gasteiger partial charge is 0.00503 e. The molecule has 19 heavy (non-hydrogen) atoms. The maximum Gasteiger partial charge on any atom is 0.00503 e. The summed E-state index contributed by atoms with van der Waals surface area (Å²) in [6.45, 7) is 12.2. The molecule has 1 saturated heterocycles. The molecule has 1 atom stereocenters. The fraction of sp³-hybridized carbons (Fsp3) is 1.00. The van der Waals surface area contributed by atoms with E-state index in [2.05, 4.69) is 31.0 Å². The molecular formula is C17H34N2. The molecule has 1 aliphatic heterocycles. The molecule has 0 amide bonds. The Morgan fingerprint density at radius 2 is 1.95 bits per heavy atom. The molecule has 0 aromatic carbocycles. The van der Waals surface area contributed by atoms with Crippen molar-refractivity contribution in [2.45, 2.75) is 71.8 Å². The Labute approximate surface area is 120 Å². The first kappa shape index (κ1) is 15.3. The summed E-state index contributed by atoms with van der Waals surface area (Å²) in [4.78, 5) is 2.78. The molecule has 2 heteroatoms. The van der Waals surface area contributed by atoms with E-state index in [4.69, 9.17) is 0 Å². The zero-order valence-corrected chi connectivity index (χ0v) is 13.4. The highest BCUT2D eigenvalue weighted by atomic mass is 15.1. The van der Waals surface area contributed by atoms with Crippen molar-refractivity contribution < 1.29 is 0 Å². The number of likely N-dealkylation sites (tertiary alicyclic amines) is 1. The molecule has 1 aliphatic carbocycles. The quantitative estimate of drug-likeness (QED) is 0.789. The van der Waals surface area contributed by atoms with Crippen LogP contribution in [-0.2, 0) is 0 Å². The molecule has 1 N–H and O–H groups in total. The largest absolute Gasteiger partial charge is 0.314 e. The summed E-state index contributed by atoms with van der Waals surface area (Å²) in [5.41, 5.74) is 0.583. The maximum atomic E-state index is 3.72. The molecule has 2 fully saturated rings. The van der Waals surface area contributed by atoms with E-state index in [-0.39, 0.29) is 0 Å². The highest BCUT2D eigenvalue weighted by Crippen LogP contribution is 2.39. The summed E-state index contributed by atoms with van der Waals surface area (Å²) in [6, 6.07) is 0.627. The van der Waals surface area contributed by atoms with Gasteiger partial charge in [0, 0.05) is 25.7 Å². The van der Waals surface area contributed by atoms with Gasteiger partial charge in [-0.3, -0.25) is 0 Å². The molecule has 2 aliphatic rings. The van der Waals surface area contributed by atoms with Crippen LogP contribution in [0.4, 0.5) is 0 Å². The number of nitrogens with one attached hydrogen (secondary N) is 1. The lowest BCUT2D eigenvalue weighted by Gasteiger charge is -2.40. The van der Waals surface area contributed by atoms with Crippen LogP contribution in [0.15, 0.2) is 0 Å². The van der Waals surface area contributed by atoms with Gasteiger partial charge in [0.05, 0.1) is 0 Å². The van der Waals surface area contributed by atoms with E-state index in [1.807, 2.05) is 0 Å². The van der Waals surface area contributed by atoms with Crippen LogP contribution in [0.5, 0.6) is 0 Å². The number of rotatable bonds is 6. The summed E-state index contributed by atoms with van der Waals surface area (Å²) in [5, 5.41) is 3.72. The van der Waals surface area contributed by atoms with Crippen LogP contribution in [-0.4, -0.2) is 37.1 Å². The Balaban J connectivity index is 1.88. The first-order valence-electron chi connectivity index (χ1n) is 8.59. The van der Waals surface area contributed by atoms with Crippen LogP contribution in [0, 0.1) is 11.3 Å². The molecule has 0 aromatic heterocycles. The van der Waals surface area contributed by atoms with E-state index >= 15 is 0 Å². The third-order valence-electron chi connectivity index (χ3n) is 5.29. The fourth-order valence-corrected chi connectivity index (χ4v) is 4.04. The van der Waals surface area contributed by atoms with Crippen LogP contribution >= 0.6 is 0 Å². The van der Waals surface area contributed by atoms with Gasteiger partial charge in [0.25, 0.3) is 0 Å². The first-order valence-corrected chi connectivity index (χ1v) is 8.59. The summed E-state index contributed by atoms with van der Waals surface area (Å²) in [5.74, 6) is 0.963. The Hall–Kier alpha value is -0.0800. The van der Waals surface area contributed by atoms with E-state index in [0.717, 1.165) is 5.92 Å². The van der Waals surface area contributed by atoms with Gasteiger partial charge in [-0.1, -0.05) is 40.0 Å². The lowest BCUT2D eigenvalue weighted by atomic mass is 9.83. The van der Waals surface area contributed by atoms with Gasteiger partial charge in [-0.15, -0.1) is 0 Å². The Kier molecular flexibility index (Phi) is 5.70. The van der Waals surface area contributed by atoms with Gasteiger partial charge in [-0.05, 0) is 43.6 Å². The molecular weight excluding hydrogens is 232 g/mol. The van der Waals surface area contributed by atoms with Gasteiger partial charge in [0.2, 0.25) is 0 Å². The average Bonchev–Trinajstić information content (AvgIpc) is 2.86. The fourth-order valence-electron chi connectivity index (χ4n) is 4.04. The molecule has 112 valence electrons. The molecule has 0 radical (unpaired) electrons. The van der Waals surface area contributed by atoms with Gasteiger partial charge in [0.15, 0.2) is 0 Å². The third-order valence-corrected chi connectivity index (χ3v) is 5.29. The molecule has 1 saturated carbocycles. The number of hydrogen-bond acceptors (Lipinski definition) is 2. The van der Waals surface area contributed by atoms with Gasteiger partial charge in [-0.2, -0.15) is 0 Å². The van der Waals surface area contributed by atoms with Crippen molar-refractivity contribution in [3.05, 3.63) is 0 Å². The number of piperidine rings is 1. The Morgan fingerprint density at radius 3 is 2.58 bits per heavy atom. The van der Waals surface area contributed by atoms with Crippen molar-refractivity contribution in [3.63, 3.8) is 0 Å². The summed E-state index contributed by atoms with van der Waals surface area (Å²) >= 11 is 0. The van der Waals surface area contributed by atoms with Crippen molar-refractivity contribution in [2.75, 3.05) is 26.2 Å². The van der Waals surface area contributed by atoms with Crippen molar-refractivity contribution in [2.24, 2.45) is 11.3 Å². The van der Waals surface area contributed by atoms with Crippen molar-refractivity contribution in [1.29, 1.82) is 0 Å². The second-order valence-electron chi connectivity index (χ2n) is 7.39. The molecule has 0 spiro atoms. The summed E-state index contributed by atoms with van der Waals surface area (Å²) in [7, 11) is 0. The number of hydrogen-bond donors (Lipinski definition) is 1. The monoisotopic (exact) mass is 266 g/mol. The summed E-state index contributed by atoms with van der Waals surface area (Å²) < 4.78 is 0. The normalized spacial score (nSPS) is 28.1. The van der Waals surface area contributed by atoms with Crippen molar-refractivity contribution in [3.8, 4) is 0 Å². The third kappa shape index (κ3) is 4.46. The lowest BCUT2D eigenvalue weighted by Crippen LogP contribution is -2.47. The van der Waals surface area contributed by atoms with Crippen LogP contribution in [0.2, 0.25) is 0 Å². The van der Waals surface area contributed by atoms with Gasteiger partial charge in [-0.25, -0.2) is 0 Å². The predicted molar refractivity (Wildman–Crippen MR) is 83.5 cm³/mol. The second-order valence-corrected chi connectivity index (χ2v) is 7.39. The highest BCUT2D eigenvalue weighted by molar-refractivity contribution is 4.91. The van der Waals surface area contributed by atoms with Crippen molar-refractivity contribution >= 4 is 0 Å². The minimum absolute atomic E-state index is 0.583. The van der Waals surface area contributed by atoms with Gasteiger partial charge < -0.3 is 10.2 Å². The Morgan fingerprint density at radius 1 is 1.21 bits per heavy atom. The minimum atomic E-state index is 0.583. The highest BCUT2D eigenvalue weighted by Gasteiger charge is 2.36.